The maximum atomic E-state index is 11.9. The summed E-state index contributed by atoms with van der Waals surface area (Å²) in [5.41, 5.74) is 13.5. The molecule has 0 atom stereocenters. The molecule has 1 saturated heterocycles. The summed E-state index contributed by atoms with van der Waals surface area (Å²) in [6.07, 6.45) is 4.04. The van der Waals surface area contributed by atoms with Gasteiger partial charge in [-0.25, -0.2) is 10.9 Å². The van der Waals surface area contributed by atoms with Crippen LogP contribution in [-0.4, -0.2) is 30.5 Å². The fraction of sp³-hybridized carbons (Fsp3) is 0.438. The van der Waals surface area contributed by atoms with Crippen molar-refractivity contribution in [2.45, 2.75) is 32.1 Å². The number of benzene rings is 1. The Kier molecular flexibility index (Phi) is 5.78. The monoisotopic (exact) mass is 332 g/mol. The summed E-state index contributed by atoms with van der Waals surface area (Å²) in [6, 6.07) is 8.36. The highest BCUT2D eigenvalue weighted by molar-refractivity contribution is 5.84. The van der Waals surface area contributed by atoms with E-state index in [-0.39, 0.29) is 12.2 Å². The predicted octanol–water partition coefficient (Wildman–Crippen LogP) is 0.127. The summed E-state index contributed by atoms with van der Waals surface area (Å²) in [5.74, 6) is 0.00798. The third kappa shape index (κ3) is 4.11. The number of fused-ring (bicyclic) bond motifs is 1. The van der Waals surface area contributed by atoms with Gasteiger partial charge in [-0.1, -0.05) is 18.2 Å². The molecule has 1 aliphatic heterocycles. The molecule has 0 bridgehead atoms. The Bertz CT molecular complexity index is 680. The first kappa shape index (κ1) is 16.9. The smallest absolute Gasteiger partial charge is 0.222 e. The number of aryl methyl sites for hydroxylation is 1. The molecule has 2 aromatic rings. The van der Waals surface area contributed by atoms with Gasteiger partial charge in [-0.3, -0.25) is 4.79 Å². The number of methoxy groups -OCH3 is 1. The van der Waals surface area contributed by atoms with Crippen molar-refractivity contribution >= 4 is 16.8 Å². The summed E-state index contributed by atoms with van der Waals surface area (Å²) in [6.45, 7) is 1.51. The number of hydrogen-bond donors (Lipinski definition) is 5. The van der Waals surface area contributed by atoms with E-state index in [1.54, 1.807) is 7.11 Å². The zero-order valence-corrected chi connectivity index (χ0v) is 13.8. The maximum absolute atomic E-state index is 11.9. The van der Waals surface area contributed by atoms with Crippen LogP contribution in [0.15, 0.2) is 30.5 Å². The van der Waals surface area contributed by atoms with Crippen molar-refractivity contribution in [3.8, 4) is 0 Å². The second kappa shape index (κ2) is 8.22. The van der Waals surface area contributed by atoms with E-state index in [1.165, 1.54) is 16.5 Å². The highest BCUT2D eigenvalue weighted by Gasteiger charge is 2.15. The van der Waals surface area contributed by atoms with E-state index in [1.807, 2.05) is 6.07 Å². The molecular weight excluding hydrogens is 308 g/mol. The Balaban J connectivity index is 1.57. The molecule has 3 rings (SSSR count). The van der Waals surface area contributed by atoms with Crippen LogP contribution in [0.4, 0.5) is 0 Å². The van der Waals surface area contributed by atoms with Gasteiger partial charge in [-0.2, -0.15) is 11.1 Å². The summed E-state index contributed by atoms with van der Waals surface area (Å²) in [7, 11) is 1.71. The standard InChI is InChI=1S/C16H24N6O2/c1-24-10-9-22-11-12(13-6-2-3-7-14(13)22)5-4-8-15(23)17-16-18-20-21-19-16/h2-3,6-7,11,16,18-21H,4-5,8-10H2,1H3,(H,17,23). The number of carbonyl (C=O) groups excluding carboxylic acids is 1. The number of nitrogens with one attached hydrogen (secondary N) is 5. The molecule has 0 unspecified atom stereocenters. The number of amides is 1. The fourth-order valence-electron chi connectivity index (χ4n) is 2.89. The van der Waals surface area contributed by atoms with E-state index < -0.39 is 0 Å². The summed E-state index contributed by atoms with van der Waals surface area (Å²) in [5, 5.41) is 4.08. The number of carbonyl (C=O) groups is 1. The molecule has 1 amide bonds. The molecule has 1 aromatic heterocycles. The topological polar surface area (TPSA) is 91.4 Å². The Morgan fingerprint density at radius 1 is 1.29 bits per heavy atom. The molecule has 8 heteroatoms. The van der Waals surface area contributed by atoms with Gasteiger partial charge in [0.1, 0.15) is 0 Å². The molecule has 130 valence electrons. The summed E-state index contributed by atoms with van der Waals surface area (Å²) in [4.78, 5) is 11.9. The molecule has 0 saturated carbocycles. The minimum Gasteiger partial charge on any atom is -0.383 e. The zero-order chi connectivity index (χ0) is 16.8. The number of nitrogens with zero attached hydrogens (tertiary/aromatic N) is 1. The second-order valence-corrected chi connectivity index (χ2v) is 5.75. The van der Waals surface area contributed by atoms with Crippen molar-refractivity contribution < 1.29 is 9.53 Å². The Morgan fingerprint density at radius 3 is 2.88 bits per heavy atom. The van der Waals surface area contributed by atoms with E-state index in [0.717, 1.165) is 19.4 Å². The van der Waals surface area contributed by atoms with Crippen LogP contribution in [0, 0.1) is 0 Å². The highest BCUT2D eigenvalue weighted by Crippen LogP contribution is 2.22. The molecule has 0 aliphatic carbocycles. The minimum absolute atomic E-state index is 0.00798. The first-order valence-corrected chi connectivity index (χ1v) is 8.14. The first-order valence-electron chi connectivity index (χ1n) is 8.14. The lowest BCUT2D eigenvalue weighted by molar-refractivity contribution is -0.122. The lowest BCUT2D eigenvalue weighted by Gasteiger charge is -2.10. The molecule has 1 aliphatic rings. The average molecular weight is 332 g/mol. The van der Waals surface area contributed by atoms with E-state index >= 15 is 0 Å². The lowest BCUT2D eigenvalue weighted by Crippen LogP contribution is -2.49. The fourth-order valence-corrected chi connectivity index (χ4v) is 2.89. The minimum atomic E-state index is -0.298. The Morgan fingerprint density at radius 2 is 2.08 bits per heavy atom. The quantitative estimate of drug-likeness (QED) is 0.472. The van der Waals surface area contributed by atoms with Gasteiger partial charge in [0.15, 0.2) is 6.29 Å². The Labute approximate surface area is 140 Å². The van der Waals surface area contributed by atoms with Crippen molar-refractivity contribution in [1.29, 1.82) is 0 Å². The van der Waals surface area contributed by atoms with Gasteiger partial charge < -0.3 is 14.6 Å². The van der Waals surface area contributed by atoms with E-state index in [4.69, 9.17) is 4.74 Å². The number of hydrazine groups is 3. The van der Waals surface area contributed by atoms with Gasteiger partial charge in [0.25, 0.3) is 0 Å². The molecule has 0 radical (unpaired) electrons. The van der Waals surface area contributed by atoms with Gasteiger partial charge in [-0.05, 0) is 24.5 Å². The molecule has 2 heterocycles. The lowest BCUT2D eigenvalue weighted by atomic mass is 10.1. The van der Waals surface area contributed by atoms with Crippen LogP contribution < -0.4 is 27.2 Å². The van der Waals surface area contributed by atoms with Gasteiger partial charge >= 0.3 is 0 Å². The van der Waals surface area contributed by atoms with Crippen molar-refractivity contribution in [1.82, 2.24) is 31.8 Å². The number of rotatable bonds is 8. The van der Waals surface area contributed by atoms with Crippen LogP contribution in [0.3, 0.4) is 0 Å². The van der Waals surface area contributed by atoms with Crippen LogP contribution >= 0.6 is 0 Å². The van der Waals surface area contributed by atoms with Crippen LogP contribution in [0.1, 0.15) is 18.4 Å². The van der Waals surface area contributed by atoms with E-state index in [0.29, 0.717) is 13.0 Å². The second-order valence-electron chi connectivity index (χ2n) is 5.75. The normalized spacial score (nSPS) is 15.2. The third-order valence-electron chi connectivity index (χ3n) is 4.06. The largest absolute Gasteiger partial charge is 0.383 e. The van der Waals surface area contributed by atoms with E-state index in [2.05, 4.69) is 56.2 Å². The zero-order valence-electron chi connectivity index (χ0n) is 13.8. The van der Waals surface area contributed by atoms with Crippen molar-refractivity contribution in [2.75, 3.05) is 13.7 Å². The SMILES string of the molecule is COCCn1cc(CCCC(=O)NC2NNNN2)c2ccccc21. The van der Waals surface area contributed by atoms with Crippen LogP contribution in [-0.2, 0) is 22.5 Å². The number of ether oxygens (including phenoxy) is 1. The molecule has 24 heavy (non-hydrogen) atoms. The van der Waals surface area contributed by atoms with Gasteiger partial charge in [0.05, 0.1) is 6.61 Å². The van der Waals surface area contributed by atoms with Gasteiger partial charge in [0, 0.05) is 37.2 Å². The molecule has 8 nitrogen and oxygen atoms in total. The first-order chi connectivity index (χ1) is 11.8. The third-order valence-corrected chi connectivity index (χ3v) is 4.06. The van der Waals surface area contributed by atoms with E-state index in [9.17, 15) is 4.79 Å². The average Bonchev–Trinajstić information content (AvgIpc) is 3.21. The molecule has 5 N–H and O–H groups in total. The van der Waals surface area contributed by atoms with Gasteiger partial charge in [0.2, 0.25) is 5.91 Å². The molecular formula is C16H24N6O2. The van der Waals surface area contributed by atoms with Crippen molar-refractivity contribution in [3.63, 3.8) is 0 Å². The highest BCUT2D eigenvalue weighted by atomic mass is 16.5. The Hall–Kier alpha value is -1.97. The number of para-hydroxylation sites is 1. The molecule has 1 aromatic carbocycles. The predicted molar refractivity (Wildman–Crippen MR) is 91.2 cm³/mol. The number of hydrogen-bond acceptors (Lipinski definition) is 6. The van der Waals surface area contributed by atoms with Crippen molar-refractivity contribution in [3.05, 3.63) is 36.0 Å². The van der Waals surface area contributed by atoms with Crippen molar-refractivity contribution in [2.24, 2.45) is 0 Å². The molecule has 0 spiro atoms. The maximum Gasteiger partial charge on any atom is 0.222 e. The molecule has 1 fully saturated rings. The number of aromatic nitrogens is 1. The van der Waals surface area contributed by atoms with Gasteiger partial charge in [-0.15, -0.1) is 0 Å². The van der Waals surface area contributed by atoms with Crippen LogP contribution in [0.25, 0.3) is 10.9 Å². The summed E-state index contributed by atoms with van der Waals surface area (Å²) >= 11 is 0. The van der Waals surface area contributed by atoms with Crippen LogP contribution in [0.2, 0.25) is 0 Å². The summed E-state index contributed by atoms with van der Waals surface area (Å²) < 4.78 is 7.40. The van der Waals surface area contributed by atoms with Crippen LogP contribution in [0.5, 0.6) is 0 Å².